The van der Waals surface area contributed by atoms with Crippen molar-refractivity contribution in [1.29, 1.82) is 0 Å². The van der Waals surface area contributed by atoms with Crippen molar-refractivity contribution in [3.05, 3.63) is 24.8 Å². The maximum absolute atomic E-state index is 5.23. The van der Waals surface area contributed by atoms with Crippen molar-refractivity contribution in [3.63, 3.8) is 0 Å². The first-order chi connectivity index (χ1) is 4.91. The molecule has 0 heterocycles. The number of rotatable bonds is 6. The molecule has 0 aliphatic heterocycles. The average Bonchev–Trinajstić information content (AvgIpc) is 1.97. The largest absolute Gasteiger partial charge is 1.00 e. The van der Waals surface area contributed by atoms with Gasteiger partial charge in [0.25, 0.3) is 0 Å². The molecule has 0 aliphatic carbocycles. The monoisotopic (exact) mass is 200 g/mol. The molecule has 0 amide bonds. The fourth-order valence-electron chi connectivity index (χ4n) is 0.868. The fraction of sp³-hybridized carbons (Fsp3) is 0.600. The van der Waals surface area contributed by atoms with Gasteiger partial charge in [0.15, 0.2) is 0 Å². The third kappa shape index (κ3) is 13.1. The van der Waals surface area contributed by atoms with Crippen LogP contribution < -0.4 is 0 Å². The summed E-state index contributed by atoms with van der Waals surface area (Å²) < 4.78 is 0. The van der Waals surface area contributed by atoms with Gasteiger partial charge in [0, 0.05) is 0 Å². The molecule has 0 aromatic carbocycles. The fourth-order valence-corrected chi connectivity index (χ4v) is 0.868. The molecule has 0 saturated carbocycles. The molecule has 1 heteroatoms. The molecule has 0 saturated heterocycles. The van der Waals surface area contributed by atoms with Crippen LogP contribution in [0.3, 0.4) is 0 Å². The van der Waals surface area contributed by atoms with E-state index < -0.39 is 0 Å². The van der Waals surface area contributed by atoms with E-state index in [9.17, 15) is 0 Å². The summed E-state index contributed by atoms with van der Waals surface area (Å²) >= 11 is 0. The van der Waals surface area contributed by atoms with Gasteiger partial charge < -0.3 is 6.58 Å². The molecule has 0 aromatic rings. The summed E-state index contributed by atoms with van der Waals surface area (Å²) in [6, 6.07) is 0. The molecule has 0 fully saturated rings. The quantitative estimate of drug-likeness (QED) is 0.267. The van der Waals surface area contributed by atoms with Crippen LogP contribution in [0.5, 0.6) is 0 Å². The van der Waals surface area contributed by atoms with E-state index in [0.29, 0.717) is 0 Å². The molecule has 0 spiro atoms. The Morgan fingerprint density at radius 2 is 1.73 bits per heavy atom. The summed E-state index contributed by atoms with van der Waals surface area (Å²) in [7, 11) is 0. The zero-order chi connectivity index (χ0) is 7.66. The van der Waals surface area contributed by atoms with Crippen LogP contribution in [-0.4, -0.2) is 0 Å². The van der Waals surface area contributed by atoms with Gasteiger partial charge >= 0.3 is 17.1 Å². The molecule has 0 aromatic heterocycles. The molecular weight excluding hydrogens is 184 g/mol. The Labute approximate surface area is 81.2 Å². The van der Waals surface area contributed by atoms with Crippen molar-refractivity contribution in [2.45, 2.75) is 39.0 Å². The van der Waals surface area contributed by atoms with E-state index >= 15 is 0 Å². The summed E-state index contributed by atoms with van der Waals surface area (Å²) in [5, 5.41) is 0. The van der Waals surface area contributed by atoms with Crippen LogP contribution in [0.15, 0.2) is 18.2 Å². The second kappa shape index (κ2) is 12.7. The molecule has 0 nitrogen and oxygen atoms in total. The second-order valence-electron chi connectivity index (χ2n) is 2.44. The SMILES string of the molecule is [CH-]=CCCCCC/C=C/C.[Cu+]. The summed E-state index contributed by atoms with van der Waals surface area (Å²) in [5.41, 5.74) is 0. The Bertz CT molecular complexity index is 95.0. The molecule has 0 aliphatic rings. The van der Waals surface area contributed by atoms with Crippen molar-refractivity contribution in [2.24, 2.45) is 0 Å². The number of hydrogen-bond acceptors (Lipinski definition) is 0. The Kier molecular flexibility index (Phi) is 15.6. The molecule has 0 N–H and O–H groups in total. The zero-order valence-electron chi connectivity index (χ0n) is 7.15. The van der Waals surface area contributed by atoms with E-state index in [1.807, 2.05) is 0 Å². The van der Waals surface area contributed by atoms with Gasteiger partial charge in [-0.3, -0.25) is 6.08 Å². The van der Waals surface area contributed by atoms with Crippen molar-refractivity contribution >= 4 is 0 Å². The van der Waals surface area contributed by atoms with Gasteiger partial charge in [0.2, 0.25) is 0 Å². The molecule has 0 atom stereocenters. The first kappa shape index (κ1) is 13.6. The summed E-state index contributed by atoms with van der Waals surface area (Å²) in [6.07, 6.45) is 12.2. The third-order valence-corrected chi connectivity index (χ3v) is 1.48. The van der Waals surface area contributed by atoms with Gasteiger partial charge in [-0.2, -0.15) is 0 Å². The van der Waals surface area contributed by atoms with Gasteiger partial charge in [0.05, 0.1) is 0 Å². The molecule has 0 radical (unpaired) electrons. The third-order valence-electron chi connectivity index (χ3n) is 1.48. The van der Waals surface area contributed by atoms with E-state index in [1.54, 1.807) is 6.08 Å². The van der Waals surface area contributed by atoms with Crippen LogP contribution in [0.2, 0.25) is 0 Å². The summed E-state index contributed by atoms with van der Waals surface area (Å²) in [5.74, 6) is 0. The van der Waals surface area contributed by atoms with E-state index in [0.717, 1.165) is 6.42 Å². The van der Waals surface area contributed by atoms with Crippen LogP contribution >= 0.6 is 0 Å². The number of unbranched alkanes of at least 4 members (excludes halogenated alkanes) is 4. The van der Waals surface area contributed by atoms with Crippen molar-refractivity contribution in [3.8, 4) is 0 Å². The van der Waals surface area contributed by atoms with Crippen molar-refractivity contribution < 1.29 is 17.1 Å². The molecule has 0 rings (SSSR count). The minimum Gasteiger partial charge on any atom is -0.518 e. The van der Waals surface area contributed by atoms with Crippen LogP contribution in [0.4, 0.5) is 0 Å². The topological polar surface area (TPSA) is 0 Å². The van der Waals surface area contributed by atoms with Crippen LogP contribution in [0.25, 0.3) is 0 Å². The van der Waals surface area contributed by atoms with Gasteiger partial charge in [-0.05, 0) is 19.8 Å². The van der Waals surface area contributed by atoms with Crippen LogP contribution in [0.1, 0.15) is 39.0 Å². The maximum Gasteiger partial charge on any atom is 1.00 e. The smallest absolute Gasteiger partial charge is 0.518 e. The predicted molar refractivity (Wildman–Crippen MR) is 46.8 cm³/mol. The second-order valence-corrected chi connectivity index (χ2v) is 2.44. The number of allylic oxidation sites excluding steroid dienone is 3. The van der Waals surface area contributed by atoms with Crippen molar-refractivity contribution in [1.82, 2.24) is 0 Å². The average molecular weight is 201 g/mol. The minimum atomic E-state index is 0. The van der Waals surface area contributed by atoms with Gasteiger partial charge in [-0.1, -0.05) is 31.4 Å². The minimum absolute atomic E-state index is 0. The Balaban J connectivity index is 0. The van der Waals surface area contributed by atoms with Gasteiger partial charge in [0.1, 0.15) is 0 Å². The molecule has 0 unspecified atom stereocenters. The first-order valence-electron chi connectivity index (χ1n) is 4.06. The molecular formula is C10H17Cu. The zero-order valence-corrected chi connectivity index (χ0v) is 8.09. The standard InChI is InChI=1S/C10H17.Cu/c1-3-5-7-9-10-8-6-4-2;/h1,3-4,6H,5,7-10H2,2H3;/q-1;+1/b6-4+;. The Morgan fingerprint density at radius 1 is 1.09 bits per heavy atom. The normalized spacial score (nSPS) is 9.55. The molecule has 68 valence electrons. The van der Waals surface area contributed by atoms with Crippen LogP contribution in [0, 0.1) is 6.58 Å². The maximum atomic E-state index is 5.23. The Hall–Kier alpha value is -0.000519. The van der Waals surface area contributed by atoms with Gasteiger partial charge in [-0.25, -0.2) is 0 Å². The van der Waals surface area contributed by atoms with Crippen molar-refractivity contribution in [2.75, 3.05) is 0 Å². The predicted octanol–water partition coefficient (Wildman–Crippen LogP) is 3.50. The van der Waals surface area contributed by atoms with E-state index in [1.165, 1.54) is 25.7 Å². The Morgan fingerprint density at radius 3 is 2.27 bits per heavy atom. The van der Waals surface area contributed by atoms with Gasteiger partial charge in [-0.15, -0.1) is 0 Å². The number of hydrogen-bond donors (Lipinski definition) is 0. The first-order valence-corrected chi connectivity index (χ1v) is 4.06. The summed E-state index contributed by atoms with van der Waals surface area (Å²) in [4.78, 5) is 0. The van der Waals surface area contributed by atoms with E-state index in [2.05, 4.69) is 19.1 Å². The van der Waals surface area contributed by atoms with E-state index in [4.69, 9.17) is 6.58 Å². The molecule has 11 heavy (non-hydrogen) atoms. The van der Waals surface area contributed by atoms with E-state index in [-0.39, 0.29) is 17.1 Å². The van der Waals surface area contributed by atoms with Crippen LogP contribution in [-0.2, 0) is 17.1 Å². The molecule has 0 bridgehead atoms. The summed E-state index contributed by atoms with van der Waals surface area (Å²) in [6.45, 7) is 7.29.